The van der Waals surface area contributed by atoms with Crippen molar-refractivity contribution in [2.45, 2.75) is 80.1 Å². The van der Waals surface area contributed by atoms with E-state index >= 15 is 0 Å². The van der Waals surface area contributed by atoms with Crippen molar-refractivity contribution in [3.63, 3.8) is 0 Å². The molecule has 0 aromatic heterocycles. The third-order valence-electron chi connectivity index (χ3n) is 3.97. The van der Waals surface area contributed by atoms with Gasteiger partial charge in [-0.1, -0.05) is 41.5 Å². The number of rotatable bonds is 15. The van der Waals surface area contributed by atoms with Crippen molar-refractivity contribution in [3.05, 3.63) is 0 Å². The lowest BCUT2D eigenvalue weighted by molar-refractivity contribution is 0.307. The highest BCUT2D eigenvalue weighted by atomic mass is 35.7. The first kappa shape index (κ1) is 23.6. The molecule has 0 saturated heterocycles. The second-order valence-electron chi connectivity index (χ2n) is 6.36. The summed E-state index contributed by atoms with van der Waals surface area (Å²) in [6.45, 7) is 20.3. The number of hydrogen-bond donors (Lipinski definition) is 0. The molecule has 0 spiro atoms. The van der Waals surface area contributed by atoms with E-state index in [-0.39, 0.29) is 0 Å². The third kappa shape index (κ3) is 7.16. The van der Waals surface area contributed by atoms with E-state index in [1.54, 1.807) is 0 Å². The Labute approximate surface area is 152 Å². The average molecular weight is 367 g/mol. The van der Waals surface area contributed by atoms with Crippen LogP contribution in [0.4, 0.5) is 0 Å². The van der Waals surface area contributed by atoms with Gasteiger partial charge in [-0.25, -0.2) is 0 Å². The van der Waals surface area contributed by atoms with Crippen molar-refractivity contribution in [3.8, 4) is 0 Å². The monoisotopic (exact) mass is 366 g/mol. The Hall–Kier alpha value is 0.600. The fourth-order valence-electron chi connectivity index (χ4n) is 3.18. The summed E-state index contributed by atoms with van der Waals surface area (Å²) in [5, 5.41) is 0. The predicted octanol–water partition coefficient (Wildman–Crippen LogP) is 6.27. The quantitative estimate of drug-likeness (QED) is 0.316. The molecule has 0 heterocycles. The van der Waals surface area contributed by atoms with Crippen LogP contribution >= 0.6 is 18.3 Å². The maximum atomic E-state index is 7.60. The summed E-state index contributed by atoms with van der Waals surface area (Å²) in [6, 6.07) is 0. The van der Waals surface area contributed by atoms with Crippen LogP contribution in [0.5, 0.6) is 0 Å². The molecule has 0 unspecified atom stereocenters. The molecule has 0 N–H and O–H groups in total. The molecule has 0 aliphatic carbocycles. The van der Waals surface area contributed by atoms with Gasteiger partial charge in [0.1, 0.15) is 0 Å². The molecule has 0 fully saturated rings. The summed E-state index contributed by atoms with van der Waals surface area (Å²) in [6.07, 6.45) is 7.04. The van der Waals surface area contributed by atoms with Crippen LogP contribution in [0.25, 0.3) is 0 Å². The maximum Gasteiger partial charge on any atom is 0.332 e. The molecule has 0 aliphatic rings. The summed E-state index contributed by atoms with van der Waals surface area (Å²) in [5.41, 5.74) is 0. The van der Waals surface area contributed by atoms with Gasteiger partial charge in [-0.15, -0.1) is 14.0 Å². The highest BCUT2D eigenvalue weighted by molar-refractivity contribution is 7.93. The molecule has 0 radical (unpaired) electrons. The maximum absolute atomic E-state index is 7.60. The summed E-state index contributed by atoms with van der Waals surface area (Å²) < 4.78 is 7.89. The zero-order chi connectivity index (χ0) is 17.7. The van der Waals surface area contributed by atoms with Gasteiger partial charge in [-0.2, -0.15) is 0 Å². The Morgan fingerprint density at radius 3 is 0.783 bits per heavy atom. The molecule has 0 bridgehead atoms. The molecule has 0 aromatic rings. The molecular weight excluding hydrogens is 325 g/mol. The van der Waals surface area contributed by atoms with Gasteiger partial charge in [0.2, 0.25) is 0 Å². The molecule has 0 aliphatic heterocycles. The lowest BCUT2D eigenvalue weighted by Gasteiger charge is -2.42. The van der Waals surface area contributed by atoms with Crippen LogP contribution < -0.4 is 0 Å². The van der Waals surface area contributed by atoms with Crippen molar-refractivity contribution in [2.24, 2.45) is 0 Å². The van der Waals surface area contributed by atoms with E-state index in [0.29, 0.717) is 0 Å². The first-order valence-corrected chi connectivity index (χ1v) is 12.5. The Morgan fingerprint density at radius 1 is 0.478 bits per heavy atom. The van der Waals surface area contributed by atoms with Crippen LogP contribution in [-0.4, -0.2) is 53.3 Å². The topological polar surface area (TPSA) is 9.72 Å². The van der Waals surface area contributed by atoms with Crippen molar-refractivity contribution >= 4 is 18.3 Å². The SMILES string of the molecule is CCCN(CCC)[P+](Cl)(N(CCC)CCC)N(CCC)CCC. The minimum absolute atomic E-state index is 1.11. The molecular formula is C18H42ClN3P+. The van der Waals surface area contributed by atoms with Crippen LogP contribution in [0.3, 0.4) is 0 Å². The summed E-state index contributed by atoms with van der Waals surface area (Å²) in [4.78, 5) is 0. The van der Waals surface area contributed by atoms with Crippen molar-refractivity contribution in [2.75, 3.05) is 39.3 Å². The first-order chi connectivity index (χ1) is 11.1. The van der Waals surface area contributed by atoms with Gasteiger partial charge >= 0.3 is 7.07 Å². The van der Waals surface area contributed by atoms with Gasteiger partial charge in [0.05, 0.1) is 0 Å². The second-order valence-corrected chi connectivity index (χ2v) is 10.4. The van der Waals surface area contributed by atoms with E-state index in [9.17, 15) is 0 Å². The fraction of sp³-hybridized carbons (Fsp3) is 1.00. The Morgan fingerprint density at radius 2 is 0.652 bits per heavy atom. The molecule has 23 heavy (non-hydrogen) atoms. The molecule has 140 valence electrons. The summed E-state index contributed by atoms with van der Waals surface area (Å²) >= 11 is 7.60. The van der Waals surface area contributed by atoms with Crippen molar-refractivity contribution in [1.29, 1.82) is 0 Å². The molecule has 0 amide bonds. The largest absolute Gasteiger partial charge is 0.332 e. The van der Waals surface area contributed by atoms with E-state index in [4.69, 9.17) is 11.2 Å². The van der Waals surface area contributed by atoms with Crippen LogP contribution in [0.2, 0.25) is 0 Å². The zero-order valence-corrected chi connectivity index (χ0v) is 18.3. The lowest BCUT2D eigenvalue weighted by atomic mass is 10.4. The first-order valence-electron chi connectivity index (χ1n) is 9.91. The van der Waals surface area contributed by atoms with Crippen LogP contribution in [0.1, 0.15) is 80.1 Å². The minimum atomic E-state index is -1.93. The highest BCUT2D eigenvalue weighted by Crippen LogP contribution is 2.72. The van der Waals surface area contributed by atoms with Crippen molar-refractivity contribution < 1.29 is 0 Å². The van der Waals surface area contributed by atoms with E-state index < -0.39 is 7.07 Å². The number of hydrogen-bond acceptors (Lipinski definition) is 3. The van der Waals surface area contributed by atoms with Gasteiger partial charge in [0.25, 0.3) is 0 Å². The second kappa shape index (κ2) is 13.8. The predicted molar refractivity (Wildman–Crippen MR) is 109 cm³/mol. The lowest BCUT2D eigenvalue weighted by Crippen LogP contribution is -2.44. The molecule has 0 aromatic carbocycles. The normalized spacial score (nSPS) is 12.8. The summed E-state index contributed by atoms with van der Waals surface area (Å²) in [7, 11) is -1.93. The molecule has 0 rings (SSSR count). The van der Waals surface area contributed by atoms with Gasteiger partial charge in [0, 0.05) is 39.3 Å². The molecule has 0 atom stereocenters. The van der Waals surface area contributed by atoms with Crippen LogP contribution in [0, 0.1) is 0 Å². The van der Waals surface area contributed by atoms with E-state index in [1.807, 2.05) is 0 Å². The summed E-state index contributed by atoms with van der Waals surface area (Å²) in [5.74, 6) is 0. The average Bonchev–Trinajstić information content (AvgIpc) is 2.53. The standard InChI is InChI=1S/C18H42ClN3P/c1-7-13-20(14-8-2)23(19,21(15-9-3)16-10-4)22(17-11-5)18-12-6/h7-18H2,1-6H3/q+1. The van der Waals surface area contributed by atoms with Crippen molar-refractivity contribution in [1.82, 2.24) is 14.0 Å². The molecule has 3 nitrogen and oxygen atoms in total. The Bertz CT molecular complexity index is 220. The number of halogens is 1. The zero-order valence-electron chi connectivity index (χ0n) is 16.7. The van der Waals surface area contributed by atoms with E-state index in [2.05, 4.69) is 55.6 Å². The minimum Gasteiger partial charge on any atom is -0.134 e. The van der Waals surface area contributed by atoms with E-state index in [0.717, 1.165) is 39.3 Å². The number of nitrogens with zero attached hydrogens (tertiary/aromatic N) is 3. The smallest absolute Gasteiger partial charge is 0.134 e. The highest BCUT2D eigenvalue weighted by Gasteiger charge is 2.54. The Balaban J connectivity index is 5.73. The van der Waals surface area contributed by atoms with Gasteiger partial charge in [-0.05, 0) is 38.5 Å². The Kier molecular flexibility index (Phi) is 14.2. The van der Waals surface area contributed by atoms with Gasteiger partial charge < -0.3 is 0 Å². The molecule has 5 heteroatoms. The van der Waals surface area contributed by atoms with Crippen LogP contribution in [-0.2, 0) is 0 Å². The van der Waals surface area contributed by atoms with E-state index in [1.165, 1.54) is 38.5 Å². The van der Waals surface area contributed by atoms with Gasteiger partial charge in [0.15, 0.2) is 11.2 Å². The van der Waals surface area contributed by atoms with Gasteiger partial charge in [-0.3, -0.25) is 0 Å². The fourth-order valence-corrected chi connectivity index (χ4v) is 8.35. The molecule has 0 saturated carbocycles. The third-order valence-corrected chi connectivity index (χ3v) is 9.25. The van der Waals surface area contributed by atoms with Crippen LogP contribution in [0.15, 0.2) is 0 Å².